The number of hydrogen-bond donors (Lipinski definition) is 0. The highest BCUT2D eigenvalue weighted by Crippen LogP contribution is 2.37. The van der Waals surface area contributed by atoms with Gasteiger partial charge in [0, 0.05) is 58.5 Å². The molecule has 2 aliphatic rings. The lowest BCUT2D eigenvalue weighted by Crippen LogP contribution is -2.47. The lowest BCUT2D eigenvalue weighted by atomic mass is 9.99. The third-order valence-electron chi connectivity index (χ3n) is 7.42. The van der Waals surface area contributed by atoms with Gasteiger partial charge < -0.3 is 9.30 Å². The maximum Gasteiger partial charge on any atom is 0.332 e. The first kappa shape index (κ1) is 22.6. The first-order chi connectivity index (χ1) is 16.4. The second-order valence-corrected chi connectivity index (χ2v) is 9.51. The normalized spacial score (nSPS) is 22.4. The first-order valence-electron chi connectivity index (χ1n) is 12.0. The van der Waals surface area contributed by atoms with E-state index in [9.17, 15) is 14.4 Å². The highest BCUT2D eigenvalue weighted by atomic mass is 16.5. The molecule has 4 heterocycles. The average Bonchev–Trinajstić information content (AvgIpc) is 3.37. The van der Waals surface area contributed by atoms with Gasteiger partial charge in [0.05, 0.1) is 6.33 Å². The van der Waals surface area contributed by atoms with E-state index in [0.29, 0.717) is 42.6 Å². The predicted molar refractivity (Wildman–Crippen MR) is 128 cm³/mol. The van der Waals surface area contributed by atoms with Crippen molar-refractivity contribution in [3.8, 4) is 0 Å². The molecule has 3 aromatic rings. The standard InChI is InChI=1S/C25H31N5O4/c1-27-23-22(24(32)28(2)25(27)33)29(16-26-23)12-13-30-18-9-10-19(30)15-20(14-18)34-21(31)11-8-17-6-4-3-5-7-17/h3-7,16,18-20H,8-15H2,1-2H3. The minimum absolute atomic E-state index is 0.0204. The number of rotatable bonds is 7. The molecule has 2 atom stereocenters. The summed E-state index contributed by atoms with van der Waals surface area (Å²) in [7, 11) is 3.13. The van der Waals surface area contributed by atoms with Crippen LogP contribution < -0.4 is 11.2 Å². The van der Waals surface area contributed by atoms with Crippen molar-refractivity contribution in [3.63, 3.8) is 0 Å². The Morgan fingerprint density at radius 3 is 2.44 bits per heavy atom. The monoisotopic (exact) mass is 465 g/mol. The van der Waals surface area contributed by atoms with Crippen LogP contribution >= 0.6 is 0 Å². The molecule has 9 heteroatoms. The van der Waals surface area contributed by atoms with Crippen molar-refractivity contribution in [1.82, 2.24) is 23.6 Å². The van der Waals surface area contributed by atoms with Crippen LogP contribution in [-0.2, 0) is 36.6 Å². The molecule has 0 radical (unpaired) electrons. The van der Waals surface area contributed by atoms with Gasteiger partial charge in [-0.15, -0.1) is 0 Å². The lowest BCUT2D eigenvalue weighted by Gasteiger charge is -2.38. The van der Waals surface area contributed by atoms with Gasteiger partial charge in [0.1, 0.15) is 6.10 Å². The van der Waals surface area contributed by atoms with Crippen LogP contribution in [0.15, 0.2) is 46.2 Å². The number of esters is 1. The molecular weight excluding hydrogens is 434 g/mol. The van der Waals surface area contributed by atoms with Crippen LogP contribution in [-0.4, -0.2) is 54.3 Å². The Morgan fingerprint density at radius 1 is 1.03 bits per heavy atom. The zero-order valence-corrected chi connectivity index (χ0v) is 19.7. The number of fused-ring (bicyclic) bond motifs is 3. The number of hydrogen-bond acceptors (Lipinski definition) is 6. The minimum Gasteiger partial charge on any atom is -0.462 e. The van der Waals surface area contributed by atoms with Crippen LogP contribution in [0.3, 0.4) is 0 Å². The Bertz CT molecular complexity index is 1290. The molecule has 0 amide bonds. The topological polar surface area (TPSA) is 91.4 Å². The molecule has 2 fully saturated rings. The summed E-state index contributed by atoms with van der Waals surface area (Å²) < 4.78 is 10.2. The van der Waals surface area contributed by atoms with Crippen LogP contribution in [0.2, 0.25) is 0 Å². The number of carbonyl (C=O) groups is 1. The number of carbonyl (C=O) groups excluding carboxylic acids is 1. The van der Waals surface area contributed by atoms with Gasteiger partial charge in [0.15, 0.2) is 11.2 Å². The Kier molecular flexibility index (Phi) is 6.12. The summed E-state index contributed by atoms with van der Waals surface area (Å²) in [5, 5.41) is 0. The van der Waals surface area contributed by atoms with Crippen molar-refractivity contribution in [2.75, 3.05) is 6.54 Å². The molecule has 2 aliphatic heterocycles. The largest absolute Gasteiger partial charge is 0.462 e. The molecule has 2 unspecified atom stereocenters. The number of piperidine rings is 1. The zero-order valence-electron chi connectivity index (χ0n) is 19.7. The second kappa shape index (κ2) is 9.21. The Hall–Kier alpha value is -3.20. The van der Waals surface area contributed by atoms with Gasteiger partial charge in [-0.05, 0) is 24.8 Å². The molecule has 2 saturated heterocycles. The molecule has 9 nitrogen and oxygen atoms in total. The number of nitrogens with zero attached hydrogens (tertiary/aromatic N) is 5. The van der Waals surface area contributed by atoms with Gasteiger partial charge >= 0.3 is 11.7 Å². The van der Waals surface area contributed by atoms with Gasteiger partial charge in [-0.1, -0.05) is 30.3 Å². The molecule has 2 bridgehead atoms. The summed E-state index contributed by atoms with van der Waals surface area (Å²) in [5.41, 5.74) is 1.33. The molecule has 0 N–H and O–H groups in total. The number of aromatic nitrogens is 4. The molecule has 0 aliphatic carbocycles. The van der Waals surface area contributed by atoms with Crippen molar-refractivity contribution < 1.29 is 9.53 Å². The van der Waals surface area contributed by atoms with Crippen LogP contribution in [0, 0.1) is 0 Å². The zero-order chi connectivity index (χ0) is 23.8. The van der Waals surface area contributed by atoms with E-state index < -0.39 is 0 Å². The van der Waals surface area contributed by atoms with Gasteiger partial charge in [0.2, 0.25) is 0 Å². The fourth-order valence-electron chi connectivity index (χ4n) is 5.61. The molecule has 2 aromatic heterocycles. The van der Waals surface area contributed by atoms with Crippen molar-refractivity contribution in [2.45, 2.75) is 63.3 Å². The molecule has 5 rings (SSSR count). The maximum atomic E-state index is 12.7. The third kappa shape index (κ3) is 4.20. The highest BCUT2D eigenvalue weighted by molar-refractivity contribution is 5.70. The molecular formula is C25H31N5O4. The van der Waals surface area contributed by atoms with Gasteiger partial charge in [-0.3, -0.25) is 23.6 Å². The van der Waals surface area contributed by atoms with Crippen molar-refractivity contribution >= 4 is 17.1 Å². The predicted octanol–water partition coefficient (Wildman–Crippen LogP) is 1.61. The molecule has 0 saturated carbocycles. The van der Waals surface area contributed by atoms with Gasteiger partial charge in [-0.25, -0.2) is 9.78 Å². The fraction of sp³-hybridized carbons (Fsp3) is 0.520. The Morgan fingerprint density at radius 2 is 1.74 bits per heavy atom. The van der Waals surface area contributed by atoms with Crippen LogP contribution in [0.1, 0.15) is 37.7 Å². The summed E-state index contributed by atoms with van der Waals surface area (Å²) in [4.78, 5) is 44.1. The summed E-state index contributed by atoms with van der Waals surface area (Å²) in [6.45, 7) is 1.42. The number of imidazole rings is 1. The summed E-state index contributed by atoms with van der Waals surface area (Å²) in [6, 6.07) is 10.8. The molecule has 1 aromatic carbocycles. The number of ether oxygens (including phenoxy) is 1. The Labute approximate surface area is 197 Å². The quantitative estimate of drug-likeness (QED) is 0.493. The second-order valence-electron chi connectivity index (χ2n) is 9.51. The van der Waals surface area contributed by atoms with Crippen LogP contribution in [0.4, 0.5) is 0 Å². The highest BCUT2D eigenvalue weighted by Gasteiger charge is 2.41. The van der Waals surface area contributed by atoms with E-state index in [1.807, 2.05) is 34.9 Å². The van der Waals surface area contributed by atoms with E-state index in [1.165, 1.54) is 11.6 Å². The van der Waals surface area contributed by atoms with Crippen LogP contribution in [0.5, 0.6) is 0 Å². The SMILES string of the molecule is Cn1c(=O)c2c(ncn2CCN2C3CCC2CC(OC(=O)CCc2ccccc2)C3)n(C)c1=O. The van der Waals surface area contributed by atoms with E-state index in [-0.39, 0.29) is 23.3 Å². The van der Waals surface area contributed by atoms with Gasteiger partial charge in [0.25, 0.3) is 5.56 Å². The average molecular weight is 466 g/mol. The molecule has 180 valence electrons. The maximum absolute atomic E-state index is 12.7. The summed E-state index contributed by atoms with van der Waals surface area (Å²) in [6.07, 6.45) is 6.65. The first-order valence-corrected chi connectivity index (χ1v) is 12.0. The Balaban J connectivity index is 1.19. The van der Waals surface area contributed by atoms with Crippen LogP contribution in [0.25, 0.3) is 11.2 Å². The summed E-state index contributed by atoms with van der Waals surface area (Å²) >= 11 is 0. The van der Waals surface area contributed by atoms with E-state index in [4.69, 9.17) is 4.74 Å². The summed E-state index contributed by atoms with van der Waals surface area (Å²) in [5.74, 6) is -0.118. The fourth-order valence-corrected chi connectivity index (χ4v) is 5.61. The number of benzene rings is 1. The minimum atomic E-state index is -0.374. The van der Waals surface area contributed by atoms with E-state index in [0.717, 1.165) is 42.4 Å². The van der Waals surface area contributed by atoms with Crippen molar-refractivity contribution in [2.24, 2.45) is 14.1 Å². The molecule has 0 spiro atoms. The third-order valence-corrected chi connectivity index (χ3v) is 7.42. The van der Waals surface area contributed by atoms with Crippen molar-refractivity contribution in [1.29, 1.82) is 0 Å². The van der Waals surface area contributed by atoms with Gasteiger partial charge in [-0.2, -0.15) is 0 Å². The molecule has 34 heavy (non-hydrogen) atoms. The van der Waals surface area contributed by atoms with E-state index in [2.05, 4.69) is 9.88 Å². The lowest BCUT2D eigenvalue weighted by molar-refractivity contribution is -0.152. The van der Waals surface area contributed by atoms with Crippen molar-refractivity contribution in [3.05, 3.63) is 63.1 Å². The smallest absolute Gasteiger partial charge is 0.332 e. The van der Waals surface area contributed by atoms with E-state index >= 15 is 0 Å². The number of aryl methyl sites for hydroxylation is 2. The van der Waals surface area contributed by atoms with E-state index in [1.54, 1.807) is 13.4 Å².